The van der Waals surface area contributed by atoms with E-state index in [4.69, 9.17) is 18.9 Å². The van der Waals surface area contributed by atoms with Crippen LogP contribution in [0, 0.1) is 17.3 Å². The van der Waals surface area contributed by atoms with Crippen molar-refractivity contribution in [3.05, 3.63) is 0 Å². The molecule has 2 rings (SSSR count). The Kier molecular flexibility index (Phi) is 3.93. The van der Waals surface area contributed by atoms with Gasteiger partial charge in [-0.25, -0.2) is 4.79 Å². The molecule has 2 heterocycles. The Balaban J connectivity index is 2.37. The van der Waals surface area contributed by atoms with Gasteiger partial charge in [0.25, 0.3) is 0 Å². The molecule has 2 aliphatic rings. The van der Waals surface area contributed by atoms with Gasteiger partial charge in [0.05, 0.1) is 7.11 Å². The third-order valence-electron chi connectivity index (χ3n) is 4.77. The normalized spacial score (nSPS) is 34.8. The number of carbonyl (C=O) groups is 1. The molecule has 0 saturated carbocycles. The minimum absolute atomic E-state index is 0.155. The third-order valence-corrected chi connectivity index (χ3v) is 4.77. The fraction of sp³-hybridized carbons (Fsp3) is 0.938. The molecule has 0 aliphatic carbocycles. The van der Waals surface area contributed by atoms with Crippen LogP contribution in [0.25, 0.3) is 0 Å². The summed E-state index contributed by atoms with van der Waals surface area (Å²) in [5, 5.41) is 0. The van der Waals surface area contributed by atoms with Gasteiger partial charge in [0.2, 0.25) is 5.60 Å². The number of hydrogen-bond acceptors (Lipinski definition) is 5. The van der Waals surface area contributed by atoms with E-state index in [1.165, 1.54) is 7.11 Å². The van der Waals surface area contributed by atoms with Gasteiger partial charge in [-0.05, 0) is 0 Å². The molecule has 0 bridgehead atoms. The van der Waals surface area contributed by atoms with E-state index in [0.29, 0.717) is 0 Å². The Hall–Kier alpha value is -0.650. The van der Waals surface area contributed by atoms with E-state index in [9.17, 15) is 4.79 Å². The minimum Gasteiger partial charge on any atom is -0.467 e. The topological polar surface area (TPSA) is 54.0 Å². The molecule has 0 aromatic heterocycles. The lowest BCUT2D eigenvalue weighted by Crippen LogP contribution is -2.73. The molecule has 2 aliphatic heterocycles. The van der Waals surface area contributed by atoms with Gasteiger partial charge in [-0.3, -0.25) is 0 Å². The molecule has 122 valence electrons. The SMILES string of the molecule is COC(=O)[C@@]1(C(C)(C)C)O[C@H]2OC(C(C)C)(C(C)C)O[C@H]21. The quantitative estimate of drug-likeness (QED) is 0.750. The summed E-state index contributed by atoms with van der Waals surface area (Å²) in [6.07, 6.45) is -0.942. The van der Waals surface area contributed by atoms with E-state index < -0.39 is 35.2 Å². The zero-order chi connectivity index (χ0) is 16.2. The van der Waals surface area contributed by atoms with Crippen LogP contribution < -0.4 is 0 Å². The summed E-state index contributed by atoms with van der Waals surface area (Å²) in [6, 6.07) is 0. The fourth-order valence-corrected chi connectivity index (χ4v) is 3.50. The van der Waals surface area contributed by atoms with Crippen LogP contribution in [0.4, 0.5) is 0 Å². The van der Waals surface area contributed by atoms with E-state index in [1.807, 2.05) is 20.8 Å². The highest BCUT2D eigenvalue weighted by Crippen LogP contribution is 2.56. The molecule has 0 unspecified atom stereocenters. The molecule has 5 heteroatoms. The zero-order valence-corrected chi connectivity index (χ0v) is 14.4. The summed E-state index contributed by atoms with van der Waals surface area (Å²) in [5.74, 6) is -0.816. The van der Waals surface area contributed by atoms with Crippen molar-refractivity contribution in [1.29, 1.82) is 0 Å². The van der Waals surface area contributed by atoms with Gasteiger partial charge >= 0.3 is 5.97 Å². The lowest BCUT2D eigenvalue weighted by Gasteiger charge is -2.53. The third kappa shape index (κ3) is 2.05. The van der Waals surface area contributed by atoms with Crippen molar-refractivity contribution in [2.45, 2.75) is 72.2 Å². The number of carbonyl (C=O) groups excluding carboxylic acids is 1. The highest BCUT2D eigenvalue weighted by atomic mass is 16.9. The second-order valence-corrected chi connectivity index (χ2v) is 7.65. The largest absolute Gasteiger partial charge is 0.467 e. The van der Waals surface area contributed by atoms with Crippen molar-refractivity contribution < 1.29 is 23.7 Å². The average molecular weight is 300 g/mol. The smallest absolute Gasteiger partial charge is 0.341 e. The number of hydrogen-bond donors (Lipinski definition) is 0. The van der Waals surface area contributed by atoms with E-state index in [-0.39, 0.29) is 11.8 Å². The van der Waals surface area contributed by atoms with Crippen molar-refractivity contribution in [3.63, 3.8) is 0 Å². The summed E-state index contributed by atoms with van der Waals surface area (Å²) >= 11 is 0. The average Bonchev–Trinajstić information content (AvgIpc) is 2.64. The molecule has 0 amide bonds. The predicted molar refractivity (Wildman–Crippen MR) is 77.4 cm³/mol. The van der Waals surface area contributed by atoms with Crippen molar-refractivity contribution >= 4 is 5.97 Å². The van der Waals surface area contributed by atoms with E-state index in [2.05, 4.69) is 27.7 Å². The highest BCUT2D eigenvalue weighted by molar-refractivity contribution is 5.83. The number of fused-ring (bicyclic) bond motifs is 1. The van der Waals surface area contributed by atoms with Crippen LogP contribution in [0.15, 0.2) is 0 Å². The van der Waals surface area contributed by atoms with Crippen molar-refractivity contribution in [3.8, 4) is 0 Å². The van der Waals surface area contributed by atoms with Gasteiger partial charge in [-0.15, -0.1) is 0 Å². The maximum absolute atomic E-state index is 12.4. The maximum atomic E-state index is 12.4. The van der Waals surface area contributed by atoms with Crippen LogP contribution in [0.5, 0.6) is 0 Å². The first kappa shape index (κ1) is 16.7. The molecule has 0 N–H and O–H groups in total. The molecular formula is C16H28O5. The van der Waals surface area contributed by atoms with Crippen molar-refractivity contribution in [2.75, 3.05) is 7.11 Å². The summed E-state index contributed by atoms with van der Waals surface area (Å²) in [4.78, 5) is 12.4. The molecule has 0 aromatic rings. The number of methoxy groups -OCH3 is 1. The van der Waals surface area contributed by atoms with Gasteiger partial charge in [0.1, 0.15) is 0 Å². The van der Waals surface area contributed by atoms with E-state index >= 15 is 0 Å². The van der Waals surface area contributed by atoms with Crippen LogP contribution in [0.3, 0.4) is 0 Å². The molecule has 2 fully saturated rings. The molecule has 0 spiro atoms. The molecule has 0 radical (unpaired) electrons. The van der Waals surface area contributed by atoms with Crippen LogP contribution in [0.2, 0.25) is 0 Å². The maximum Gasteiger partial charge on any atom is 0.341 e. The van der Waals surface area contributed by atoms with E-state index in [0.717, 1.165) is 0 Å². The second-order valence-electron chi connectivity index (χ2n) is 7.65. The van der Waals surface area contributed by atoms with Gasteiger partial charge in [-0.1, -0.05) is 48.5 Å². The standard InChI is InChI=1S/C16H28O5/c1-9(2)16(10(3)4)19-11-12(21-16)20-15(11,13(17)18-8)14(5,6)7/h9-12H,1-8H3/t11-,12+,15+/m1/s1. The van der Waals surface area contributed by atoms with Crippen LogP contribution >= 0.6 is 0 Å². The monoisotopic (exact) mass is 300 g/mol. The van der Waals surface area contributed by atoms with Crippen molar-refractivity contribution in [2.24, 2.45) is 17.3 Å². The van der Waals surface area contributed by atoms with Crippen LogP contribution in [-0.2, 0) is 23.7 Å². The lowest BCUT2D eigenvalue weighted by atomic mass is 9.69. The van der Waals surface area contributed by atoms with Crippen molar-refractivity contribution in [1.82, 2.24) is 0 Å². The number of ether oxygens (including phenoxy) is 4. The highest BCUT2D eigenvalue weighted by Gasteiger charge is 2.75. The summed E-state index contributed by atoms with van der Waals surface area (Å²) in [6.45, 7) is 14.1. The molecule has 21 heavy (non-hydrogen) atoms. The second kappa shape index (κ2) is 4.93. The van der Waals surface area contributed by atoms with Gasteiger partial charge in [-0.2, -0.15) is 0 Å². The fourth-order valence-electron chi connectivity index (χ4n) is 3.50. The zero-order valence-electron chi connectivity index (χ0n) is 14.4. The molecular weight excluding hydrogens is 272 g/mol. The molecule has 0 aromatic carbocycles. The van der Waals surface area contributed by atoms with Gasteiger partial charge in [0.15, 0.2) is 18.2 Å². The molecule has 5 nitrogen and oxygen atoms in total. The van der Waals surface area contributed by atoms with Crippen LogP contribution in [0.1, 0.15) is 48.5 Å². The summed E-state index contributed by atoms with van der Waals surface area (Å²) in [5.41, 5.74) is -1.56. The Morgan fingerprint density at radius 1 is 1.05 bits per heavy atom. The van der Waals surface area contributed by atoms with Gasteiger partial charge in [0, 0.05) is 17.3 Å². The van der Waals surface area contributed by atoms with Gasteiger partial charge < -0.3 is 18.9 Å². The Labute approximate surface area is 127 Å². The van der Waals surface area contributed by atoms with Crippen LogP contribution in [-0.4, -0.2) is 36.9 Å². The number of esters is 1. The first-order valence-electron chi connectivity index (χ1n) is 7.64. The lowest BCUT2D eigenvalue weighted by molar-refractivity contribution is -0.339. The summed E-state index contributed by atoms with van der Waals surface area (Å²) in [7, 11) is 1.38. The Bertz CT molecular complexity index is 415. The minimum atomic E-state index is -1.11. The predicted octanol–water partition coefficient (Wildman–Crippen LogP) is 2.72. The first-order valence-corrected chi connectivity index (χ1v) is 7.64. The Morgan fingerprint density at radius 3 is 1.95 bits per heavy atom. The molecule has 3 atom stereocenters. The first-order chi connectivity index (χ1) is 9.53. The molecule has 2 saturated heterocycles. The Morgan fingerprint density at radius 2 is 1.57 bits per heavy atom. The summed E-state index contributed by atoms with van der Waals surface area (Å²) < 4.78 is 23.2. The van der Waals surface area contributed by atoms with E-state index in [1.54, 1.807) is 0 Å². The number of rotatable bonds is 3.